The highest BCUT2D eigenvalue weighted by Crippen LogP contribution is 2.42. The molecule has 2 aliphatic rings. The van der Waals surface area contributed by atoms with Gasteiger partial charge in [-0.2, -0.15) is 0 Å². The van der Waals surface area contributed by atoms with Crippen LogP contribution < -0.4 is 9.80 Å². The molecule has 1 saturated carbocycles. The van der Waals surface area contributed by atoms with Crippen LogP contribution in [-0.2, 0) is 0 Å². The van der Waals surface area contributed by atoms with Crippen LogP contribution in [0.2, 0.25) is 10.3 Å². The number of aromatic amines is 1. The molecular formula is C18H19Cl2N7. The second-order valence-corrected chi connectivity index (χ2v) is 8.19. The Kier molecular flexibility index (Phi) is 4.09. The number of hydrogen-bond acceptors (Lipinski definition) is 6. The first-order valence-electron chi connectivity index (χ1n) is 9.04. The van der Waals surface area contributed by atoms with Crippen LogP contribution >= 0.6 is 23.2 Å². The topological polar surface area (TPSA) is 73.8 Å². The Bertz CT molecular complexity index is 957. The summed E-state index contributed by atoms with van der Waals surface area (Å²) in [5.41, 5.74) is 0.881. The van der Waals surface area contributed by atoms with Gasteiger partial charge in [0, 0.05) is 38.4 Å². The van der Waals surface area contributed by atoms with Crippen LogP contribution in [0.1, 0.15) is 12.8 Å². The van der Waals surface area contributed by atoms with Crippen molar-refractivity contribution in [3.63, 3.8) is 0 Å². The summed E-state index contributed by atoms with van der Waals surface area (Å²) >= 11 is 12.1. The van der Waals surface area contributed by atoms with E-state index in [0.717, 1.165) is 42.8 Å². The van der Waals surface area contributed by atoms with Crippen molar-refractivity contribution in [2.75, 3.05) is 29.9 Å². The van der Waals surface area contributed by atoms with Crippen molar-refractivity contribution in [1.29, 1.82) is 0 Å². The van der Waals surface area contributed by atoms with Crippen molar-refractivity contribution in [1.82, 2.24) is 24.9 Å². The Morgan fingerprint density at radius 2 is 1.81 bits per heavy atom. The Hall–Kier alpha value is -2.12. The number of fused-ring (bicyclic) bond motifs is 2. The van der Waals surface area contributed by atoms with Gasteiger partial charge < -0.3 is 14.8 Å². The van der Waals surface area contributed by atoms with Gasteiger partial charge in [0.2, 0.25) is 5.95 Å². The molecule has 1 saturated heterocycles. The van der Waals surface area contributed by atoms with Gasteiger partial charge in [-0.1, -0.05) is 23.2 Å². The Morgan fingerprint density at radius 1 is 1.11 bits per heavy atom. The molecule has 1 aliphatic carbocycles. The summed E-state index contributed by atoms with van der Waals surface area (Å²) in [6.45, 7) is 1.88. The van der Waals surface area contributed by atoms with Gasteiger partial charge in [0.1, 0.15) is 28.1 Å². The third-order valence-electron chi connectivity index (χ3n) is 5.88. The van der Waals surface area contributed by atoms with E-state index < -0.39 is 0 Å². The third kappa shape index (κ3) is 2.99. The van der Waals surface area contributed by atoms with Crippen LogP contribution in [0.25, 0.3) is 11.0 Å². The van der Waals surface area contributed by atoms with Crippen LogP contribution in [0.5, 0.6) is 0 Å². The van der Waals surface area contributed by atoms with Gasteiger partial charge in [0.05, 0.1) is 5.39 Å². The minimum atomic E-state index is 0.388. The molecular weight excluding hydrogens is 385 g/mol. The van der Waals surface area contributed by atoms with Gasteiger partial charge in [-0.15, -0.1) is 0 Å². The van der Waals surface area contributed by atoms with Crippen molar-refractivity contribution in [2.24, 2.45) is 11.8 Å². The van der Waals surface area contributed by atoms with Crippen molar-refractivity contribution < 1.29 is 0 Å². The Morgan fingerprint density at radius 3 is 2.52 bits per heavy atom. The summed E-state index contributed by atoms with van der Waals surface area (Å²) < 4.78 is 0. The fraction of sp³-hybridized carbons (Fsp3) is 0.444. The zero-order chi connectivity index (χ0) is 18.5. The van der Waals surface area contributed by atoms with Crippen molar-refractivity contribution >= 4 is 46.0 Å². The molecule has 5 rings (SSSR count). The lowest BCUT2D eigenvalue weighted by molar-refractivity contribution is 0.494. The number of hydrogen-bond donors (Lipinski definition) is 1. The molecule has 4 heterocycles. The van der Waals surface area contributed by atoms with Crippen molar-refractivity contribution in [3.8, 4) is 0 Å². The maximum Gasteiger partial charge on any atom is 0.228 e. The first kappa shape index (κ1) is 17.0. The van der Waals surface area contributed by atoms with Crippen LogP contribution in [0.15, 0.2) is 24.7 Å². The van der Waals surface area contributed by atoms with E-state index >= 15 is 0 Å². The van der Waals surface area contributed by atoms with E-state index in [0.29, 0.717) is 34.1 Å². The van der Waals surface area contributed by atoms with Crippen LogP contribution in [0.3, 0.4) is 0 Å². The molecule has 140 valence electrons. The molecule has 2 fully saturated rings. The van der Waals surface area contributed by atoms with E-state index in [1.165, 1.54) is 0 Å². The number of anilines is 2. The van der Waals surface area contributed by atoms with E-state index in [1.807, 2.05) is 12.3 Å². The summed E-state index contributed by atoms with van der Waals surface area (Å²) in [5, 5.41) is 1.85. The Balaban J connectivity index is 1.31. The van der Waals surface area contributed by atoms with Gasteiger partial charge in [-0.05, 0) is 30.7 Å². The lowest BCUT2D eigenvalue weighted by Crippen LogP contribution is -2.33. The molecule has 1 unspecified atom stereocenters. The van der Waals surface area contributed by atoms with E-state index in [9.17, 15) is 0 Å². The molecule has 27 heavy (non-hydrogen) atoms. The predicted molar refractivity (Wildman–Crippen MR) is 107 cm³/mol. The number of halogens is 2. The Labute approximate surface area is 166 Å². The third-order valence-corrected chi connectivity index (χ3v) is 6.26. The number of nitrogens with zero attached hydrogens (tertiary/aromatic N) is 6. The molecule has 9 heteroatoms. The maximum absolute atomic E-state index is 6.04. The number of nitrogens with one attached hydrogen (secondary N) is 1. The average Bonchev–Trinajstić information content (AvgIpc) is 3.33. The quantitative estimate of drug-likeness (QED) is 0.675. The smallest absolute Gasteiger partial charge is 0.228 e. The summed E-state index contributed by atoms with van der Waals surface area (Å²) in [7, 11) is 2.14. The van der Waals surface area contributed by atoms with Crippen molar-refractivity contribution in [2.45, 2.75) is 18.9 Å². The number of H-pyrrole nitrogens is 1. The van der Waals surface area contributed by atoms with Gasteiger partial charge >= 0.3 is 0 Å². The monoisotopic (exact) mass is 403 g/mol. The van der Waals surface area contributed by atoms with Crippen LogP contribution in [-0.4, -0.2) is 51.1 Å². The van der Waals surface area contributed by atoms with Gasteiger partial charge in [0.25, 0.3) is 0 Å². The van der Waals surface area contributed by atoms with Crippen LogP contribution in [0.4, 0.5) is 11.8 Å². The van der Waals surface area contributed by atoms with E-state index in [1.54, 1.807) is 12.4 Å². The molecule has 0 bridgehead atoms. The molecule has 0 aromatic carbocycles. The second-order valence-electron chi connectivity index (χ2n) is 7.41. The SMILES string of the molecule is CN(c1ncnc2[nH]ccc12)C1C[C@@H]2CN(c3nc(Cl)cc(Cl)n3)C[C@@H]2C1. The standard InChI is InChI=1S/C18H19Cl2N7/c1-26(17-13-2-3-21-16(13)22-9-23-17)12-4-10-7-27(8-11(10)5-12)18-24-14(19)6-15(20)25-18/h2-3,6,9-12H,4-5,7-8H2,1H3,(H,21,22,23)/t10-,11+,12?. The molecule has 1 N–H and O–H groups in total. The van der Waals surface area contributed by atoms with E-state index in [-0.39, 0.29) is 0 Å². The summed E-state index contributed by atoms with van der Waals surface area (Å²) in [4.78, 5) is 25.2. The minimum absolute atomic E-state index is 0.388. The van der Waals surface area contributed by atoms with Gasteiger partial charge in [-0.25, -0.2) is 19.9 Å². The molecule has 3 aromatic heterocycles. The molecule has 0 amide bonds. The van der Waals surface area contributed by atoms with Gasteiger partial charge in [-0.3, -0.25) is 0 Å². The van der Waals surface area contributed by atoms with E-state index in [4.69, 9.17) is 23.2 Å². The second kappa shape index (κ2) is 6.49. The molecule has 7 nitrogen and oxygen atoms in total. The molecule has 3 aromatic rings. The number of aromatic nitrogens is 5. The van der Waals surface area contributed by atoms with Gasteiger partial charge in [0.15, 0.2) is 0 Å². The minimum Gasteiger partial charge on any atom is -0.356 e. The lowest BCUT2D eigenvalue weighted by atomic mass is 10.0. The fourth-order valence-electron chi connectivity index (χ4n) is 4.58. The predicted octanol–water partition coefficient (Wildman–Crippen LogP) is 3.41. The molecule has 0 spiro atoms. The first-order valence-corrected chi connectivity index (χ1v) is 9.80. The maximum atomic E-state index is 6.04. The average molecular weight is 404 g/mol. The largest absolute Gasteiger partial charge is 0.356 e. The number of rotatable bonds is 3. The highest BCUT2D eigenvalue weighted by atomic mass is 35.5. The summed E-state index contributed by atoms with van der Waals surface area (Å²) in [6.07, 6.45) is 5.79. The highest BCUT2D eigenvalue weighted by Gasteiger charge is 2.43. The zero-order valence-corrected chi connectivity index (χ0v) is 16.3. The molecule has 1 aliphatic heterocycles. The molecule has 3 atom stereocenters. The fourth-order valence-corrected chi connectivity index (χ4v) is 4.99. The normalized spacial score (nSPS) is 24.6. The zero-order valence-electron chi connectivity index (χ0n) is 14.8. The highest BCUT2D eigenvalue weighted by molar-refractivity contribution is 6.33. The summed E-state index contributed by atoms with van der Waals surface area (Å²) in [6, 6.07) is 4.08. The molecule has 0 radical (unpaired) electrons. The van der Waals surface area contributed by atoms with Crippen molar-refractivity contribution in [3.05, 3.63) is 35.0 Å². The first-order chi connectivity index (χ1) is 13.1. The van der Waals surface area contributed by atoms with E-state index in [2.05, 4.69) is 41.8 Å². The lowest BCUT2D eigenvalue weighted by Gasteiger charge is -2.28. The van der Waals surface area contributed by atoms with Crippen LogP contribution in [0, 0.1) is 11.8 Å². The summed E-state index contributed by atoms with van der Waals surface area (Å²) in [5.74, 6) is 2.86.